The molecule has 0 bridgehead atoms. The standard InChI is InChI=1S/C20H25NO4/c1-4-15-11-19(22)25-18-12-16(5-6-17(15)18)24-14(3)20(23)21-9-7-13(2)8-10-21/h5-6,11-14H,4,7-10H2,1-3H3. The van der Waals surface area contributed by atoms with Crippen LogP contribution in [0.3, 0.4) is 0 Å². The first-order chi connectivity index (χ1) is 12.0. The summed E-state index contributed by atoms with van der Waals surface area (Å²) in [5, 5.41) is 0.901. The van der Waals surface area contributed by atoms with Crippen molar-refractivity contribution >= 4 is 16.9 Å². The van der Waals surface area contributed by atoms with Gasteiger partial charge in [0.2, 0.25) is 0 Å². The molecule has 2 heterocycles. The maximum Gasteiger partial charge on any atom is 0.336 e. The molecule has 1 aromatic heterocycles. The number of rotatable bonds is 4. The molecule has 5 nitrogen and oxygen atoms in total. The van der Waals surface area contributed by atoms with Crippen molar-refractivity contribution in [2.45, 2.75) is 46.1 Å². The molecule has 0 saturated carbocycles. The van der Waals surface area contributed by atoms with Gasteiger partial charge < -0.3 is 14.1 Å². The van der Waals surface area contributed by atoms with Crippen LogP contribution in [-0.2, 0) is 11.2 Å². The van der Waals surface area contributed by atoms with Crippen molar-refractivity contribution in [1.29, 1.82) is 0 Å². The minimum Gasteiger partial charge on any atom is -0.481 e. The second-order valence-electron chi connectivity index (χ2n) is 6.87. The number of nitrogens with zero attached hydrogens (tertiary/aromatic N) is 1. The summed E-state index contributed by atoms with van der Waals surface area (Å²) in [6, 6.07) is 6.92. The summed E-state index contributed by atoms with van der Waals surface area (Å²) in [4.78, 5) is 26.1. The van der Waals surface area contributed by atoms with Crippen LogP contribution in [0, 0.1) is 5.92 Å². The van der Waals surface area contributed by atoms with Crippen molar-refractivity contribution in [3.05, 3.63) is 40.2 Å². The lowest BCUT2D eigenvalue weighted by Crippen LogP contribution is -2.44. The minimum absolute atomic E-state index is 0.00996. The molecule has 3 rings (SSSR count). The Hall–Kier alpha value is -2.30. The SMILES string of the molecule is CCc1cc(=O)oc2cc(OC(C)C(=O)N3CCC(C)CC3)ccc12. The van der Waals surface area contributed by atoms with Crippen LogP contribution in [0.5, 0.6) is 5.75 Å². The number of piperidine rings is 1. The van der Waals surface area contributed by atoms with Crippen molar-refractivity contribution in [3.63, 3.8) is 0 Å². The van der Waals surface area contributed by atoms with E-state index in [4.69, 9.17) is 9.15 Å². The van der Waals surface area contributed by atoms with Gasteiger partial charge in [-0.2, -0.15) is 0 Å². The maximum atomic E-state index is 12.6. The van der Waals surface area contributed by atoms with E-state index in [0.29, 0.717) is 17.3 Å². The average Bonchev–Trinajstić information content (AvgIpc) is 2.60. The van der Waals surface area contributed by atoms with Gasteiger partial charge in [-0.1, -0.05) is 13.8 Å². The van der Waals surface area contributed by atoms with E-state index in [0.717, 1.165) is 43.3 Å². The predicted octanol–water partition coefficient (Wildman–Crippen LogP) is 3.38. The second kappa shape index (κ2) is 7.30. The fraction of sp³-hybridized carbons (Fsp3) is 0.500. The number of fused-ring (bicyclic) bond motifs is 1. The number of aryl methyl sites for hydroxylation is 1. The molecule has 1 aliphatic rings. The van der Waals surface area contributed by atoms with Crippen LogP contribution in [0.15, 0.2) is 33.5 Å². The van der Waals surface area contributed by atoms with E-state index in [1.54, 1.807) is 13.0 Å². The van der Waals surface area contributed by atoms with Crippen LogP contribution < -0.4 is 10.4 Å². The summed E-state index contributed by atoms with van der Waals surface area (Å²) >= 11 is 0. The zero-order valence-corrected chi connectivity index (χ0v) is 15.1. The highest BCUT2D eigenvalue weighted by atomic mass is 16.5. The Morgan fingerprint density at radius 3 is 2.72 bits per heavy atom. The first kappa shape index (κ1) is 17.5. The second-order valence-corrected chi connectivity index (χ2v) is 6.87. The Balaban J connectivity index is 1.76. The molecule has 0 spiro atoms. The molecule has 1 saturated heterocycles. The minimum atomic E-state index is -0.563. The Labute approximate surface area is 147 Å². The first-order valence-electron chi connectivity index (χ1n) is 9.00. The van der Waals surface area contributed by atoms with Crippen LogP contribution in [0.2, 0.25) is 0 Å². The molecule has 0 aliphatic carbocycles. The molecule has 0 N–H and O–H groups in total. The third kappa shape index (κ3) is 3.86. The van der Waals surface area contributed by atoms with Crippen molar-refractivity contribution < 1.29 is 13.9 Å². The highest BCUT2D eigenvalue weighted by molar-refractivity contribution is 5.83. The number of carbonyl (C=O) groups is 1. The number of ether oxygens (including phenoxy) is 1. The van der Waals surface area contributed by atoms with Crippen LogP contribution >= 0.6 is 0 Å². The lowest BCUT2D eigenvalue weighted by atomic mass is 9.99. The molecule has 2 aromatic rings. The van der Waals surface area contributed by atoms with Crippen molar-refractivity contribution in [3.8, 4) is 5.75 Å². The van der Waals surface area contributed by atoms with Gasteiger partial charge >= 0.3 is 5.63 Å². The number of hydrogen-bond acceptors (Lipinski definition) is 4. The molecule has 1 unspecified atom stereocenters. The molecule has 5 heteroatoms. The van der Waals surface area contributed by atoms with Gasteiger partial charge in [0.15, 0.2) is 6.10 Å². The molecular weight excluding hydrogens is 318 g/mol. The van der Waals surface area contributed by atoms with Crippen molar-refractivity contribution in [2.75, 3.05) is 13.1 Å². The molecule has 0 radical (unpaired) electrons. The van der Waals surface area contributed by atoms with Gasteiger partial charge in [0, 0.05) is 30.6 Å². The van der Waals surface area contributed by atoms with E-state index in [1.165, 1.54) is 6.07 Å². The average molecular weight is 343 g/mol. The van der Waals surface area contributed by atoms with Gasteiger partial charge in [0.1, 0.15) is 11.3 Å². The summed E-state index contributed by atoms with van der Waals surface area (Å²) < 4.78 is 11.1. The van der Waals surface area contributed by atoms with Crippen LogP contribution in [0.4, 0.5) is 0 Å². The van der Waals surface area contributed by atoms with E-state index in [-0.39, 0.29) is 11.5 Å². The number of carbonyl (C=O) groups excluding carboxylic acids is 1. The number of amides is 1. The van der Waals surface area contributed by atoms with Gasteiger partial charge in [-0.3, -0.25) is 4.79 Å². The first-order valence-corrected chi connectivity index (χ1v) is 9.00. The molecule has 1 atom stereocenters. The Morgan fingerprint density at radius 1 is 1.32 bits per heavy atom. The summed E-state index contributed by atoms with van der Waals surface area (Å²) in [6.45, 7) is 7.57. The summed E-state index contributed by atoms with van der Waals surface area (Å²) in [5.74, 6) is 1.22. The van der Waals surface area contributed by atoms with Crippen LogP contribution in [0.1, 0.15) is 39.2 Å². The van der Waals surface area contributed by atoms with E-state index >= 15 is 0 Å². The third-order valence-electron chi connectivity index (χ3n) is 4.94. The summed E-state index contributed by atoms with van der Waals surface area (Å²) in [6.07, 6.45) is 2.27. The van der Waals surface area contributed by atoms with Gasteiger partial charge in [-0.15, -0.1) is 0 Å². The van der Waals surface area contributed by atoms with Gasteiger partial charge in [0.25, 0.3) is 5.91 Å². The Morgan fingerprint density at radius 2 is 2.04 bits per heavy atom. The highest BCUT2D eigenvalue weighted by Crippen LogP contribution is 2.24. The normalized spacial score (nSPS) is 16.8. The molecule has 1 fully saturated rings. The highest BCUT2D eigenvalue weighted by Gasteiger charge is 2.25. The molecule has 25 heavy (non-hydrogen) atoms. The van der Waals surface area contributed by atoms with Gasteiger partial charge in [0.05, 0.1) is 0 Å². The molecule has 134 valence electrons. The predicted molar refractivity (Wildman–Crippen MR) is 96.9 cm³/mol. The monoisotopic (exact) mass is 343 g/mol. The zero-order valence-electron chi connectivity index (χ0n) is 15.1. The molecular formula is C20H25NO4. The molecule has 1 aromatic carbocycles. The third-order valence-corrected chi connectivity index (χ3v) is 4.94. The van der Waals surface area contributed by atoms with Gasteiger partial charge in [-0.25, -0.2) is 4.79 Å². The Kier molecular flexibility index (Phi) is 5.11. The number of benzene rings is 1. The van der Waals surface area contributed by atoms with E-state index in [9.17, 15) is 9.59 Å². The lowest BCUT2D eigenvalue weighted by molar-refractivity contribution is -0.139. The number of hydrogen-bond donors (Lipinski definition) is 0. The van der Waals surface area contributed by atoms with Gasteiger partial charge in [-0.05, 0) is 49.8 Å². The summed E-state index contributed by atoms with van der Waals surface area (Å²) in [5.41, 5.74) is 1.07. The largest absolute Gasteiger partial charge is 0.481 e. The lowest BCUT2D eigenvalue weighted by Gasteiger charge is -2.32. The zero-order chi connectivity index (χ0) is 18.0. The smallest absolute Gasteiger partial charge is 0.336 e. The van der Waals surface area contributed by atoms with Crippen LogP contribution in [-0.4, -0.2) is 30.0 Å². The van der Waals surface area contributed by atoms with Crippen molar-refractivity contribution in [1.82, 2.24) is 4.90 Å². The number of likely N-dealkylation sites (tertiary alicyclic amines) is 1. The molecule has 1 aliphatic heterocycles. The fourth-order valence-electron chi connectivity index (χ4n) is 3.32. The Bertz CT molecular complexity index is 818. The van der Waals surface area contributed by atoms with Crippen LogP contribution in [0.25, 0.3) is 11.0 Å². The maximum absolute atomic E-state index is 12.6. The van der Waals surface area contributed by atoms with E-state index in [2.05, 4.69) is 6.92 Å². The fourth-order valence-corrected chi connectivity index (χ4v) is 3.32. The molecule has 1 amide bonds. The van der Waals surface area contributed by atoms with E-state index < -0.39 is 6.10 Å². The van der Waals surface area contributed by atoms with E-state index in [1.807, 2.05) is 24.0 Å². The quantitative estimate of drug-likeness (QED) is 0.799. The van der Waals surface area contributed by atoms with Crippen molar-refractivity contribution in [2.24, 2.45) is 5.92 Å². The topological polar surface area (TPSA) is 59.8 Å². The summed E-state index contributed by atoms with van der Waals surface area (Å²) in [7, 11) is 0.